The molecule has 0 aliphatic heterocycles. The lowest BCUT2D eigenvalue weighted by Gasteiger charge is -2.28. The summed E-state index contributed by atoms with van der Waals surface area (Å²) < 4.78 is 5.11. The minimum atomic E-state index is 1.09. The summed E-state index contributed by atoms with van der Waals surface area (Å²) in [6.45, 7) is 0. The van der Waals surface area contributed by atoms with Crippen LogP contribution in [0.4, 0.5) is 34.1 Å². The van der Waals surface area contributed by atoms with Crippen molar-refractivity contribution in [1.29, 1.82) is 0 Å². The first-order valence-electron chi connectivity index (χ1n) is 24.5. The average molecular weight is 953 g/mol. The zero-order valence-corrected chi connectivity index (χ0v) is 40.7. The van der Waals surface area contributed by atoms with Crippen molar-refractivity contribution in [2.24, 2.45) is 0 Å². The predicted molar refractivity (Wildman–Crippen MR) is 313 cm³/mol. The van der Waals surface area contributed by atoms with Crippen LogP contribution in [0.5, 0.6) is 0 Å². The van der Waals surface area contributed by atoms with Crippen molar-refractivity contribution in [2.45, 2.75) is 0 Å². The summed E-state index contributed by atoms with van der Waals surface area (Å²) in [5.41, 5.74) is 13.8. The van der Waals surface area contributed by atoms with Crippen molar-refractivity contribution in [3.63, 3.8) is 0 Å². The van der Waals surface area contributed by atoms with Crippen molar-refractivity contribution >= 4 is 119 Å². The summed E-state index contributed by atoms with van der Waals surface area (Å²) in [7, 11) is 0. The molecule has 12 aromatic carbocycles. The minimum Gasteiger partial charge on any atom is -0.309 e. The Balaban J connectivity index is 0.915. The molecule has 0 amide bonds. The maximum Gasteiger partial charge on any atom is 0.0640 e. The molecule has 0 spiro atoms. The number of fused-ring (bicyclic) bond motifs is 8. The van der Waals surface area contributed by atoms with Gasteiger partial charge in [-0.25, -0.2) is 0 Å². The Morgan fingerprint density at radius 3 is 1.35 bits per heavy atom. The van der Waals surface area contributed by atoms with Crippen LogP contribution in [0, 0.1) is 0 Å². The fourth-order valence-electron chi connectivity index (χ4n) is 10.7. The Morgan fingerprint density at radius 1 is 0.222 bits per heavy atom. The minimum absolute atomic E-state index is 1.09. The zero-order valence-electron chi connectivity index (χ0n) is 39.1. The van der Waals surface area contributed by atoms with E-state index in [0.717, 1.165) is 45.3 Å². The summed E-state index contributed by atoms with van der Waals surface area (Å²) in [6, 6.07) is 98.0. The van der Waals surface area contributed by atoms with Crippen molar-refractivity contribution in [3.8, 4) is 33.4 Å². The van der Waals surface area contributed by atoms with Crippen molar-refractivity contribution in [3.05, 3.63) is 267 Å². The number of benzene rings is 12. The van der Waals surface area contributed by atoms with Crippen molar-refractivity contribution < 1.29 is 0 Å². The highest BCUT2D eigenvalue weighted by Crippen LogP contribution is 2.48. The van der Waals surface area contributed by atoms with Gasteiger partial charge in [0.2, 0.25) is 0 Å². The third kappa shape index (κ3) is 7.39. The van der Waals surface area contributed by atoms with Gasteiger partial charge in [0, 0.05) is 53.7 Å². The number of hydrogen-bond donors (Lipinski definition) is 0. The maximum absolute atomic E-state index is 2.46. The first kappa shape index (κ1) is 42.1. The van der Waals surface area contributed by atoms with E-state index < -0.39 is 0 Å². The van der Waals surface area contributed by atoms with Gasteiger partial charge >= 0.3 is 0 Å². The molecule has 0 aliphatic carbocycles. The predicted octanol–water partition coefficient (Wildman–Crippen LogP) is 20.7. The van der Waals surface area contributed by atoms with Crippen LogP contribution >= 0.6 is 22.7 Å². The lowest BCUT2D eigenvalue weighted by molar-refractivity contribution is 1.30. The number of nitrogens with zero attached hydrogens (tertiary/aromatic N) is 2. The highest BCUT2D eigenvalue weighted by atomic mass is 32.1. The fourth-order valence-corrected chi connectivity index (χ4v) is 13.1. The normalized spacial score (nSPS) is 11.6. The highest BCUT2D eigenvalue weighted by Gasteiger charge is 2.22. The molecule has 0 atom stereocenters. The Hall–Kier alpha value is -8.80. The molecule has 2 aromatic heterocycles. The van der Waals surface area contributed by atoms with Crippen LogP contribution in [0.15, 0.2) is 267 Å². The second kappa shape index (κ2) is 17.6. The summed E-state index contributed by atoms with van der Waals surface area (Å²) in [6.07, 6.45) is 0. The van der Waals surface area contributed by atoms with Crippen LogP contribution in [0.1, 0.15) is 0 Å². The standard InChI is InChI=1S/C68H44N2S2/c1-3-15-45(16-4-1)47-33-36-55(37-34-47)69(63-28-14-27-61-62-43-50-19-7-8-20-51(50)44-66(62)72-68(61)63)56-23-11-21-48(40-56)49-22-12-24-57(41-49)70(64-29-13-26-60-59-25-9-10-30-65(59)71-67(60)64)58-38-35-53-39-52(31-32-54(53)42-58)46-17-5-2-6-18-46/h1-44H. The maximum atomic E-state index is 2.46. The molecule has 72 heavy (non-hydrogen) atoms. The van der Waals surface area contributed by atoms with E-state index in [1.54, 1.807) is 0 Å². The monoisotopic (exact) mass is 952 g/mol. The van der Waals surface area contributed by atoms with Gasteiger partial charge in [-0.05, 0) is 140 Å². The van der Waals surface area contributed by atoms with E-state index in [0.29, 0.717) is 0 Å². The van der Waals surface area contributed by atoms with Crippen molar-refractivity contribution in [2.75, 3.05) is 9.80 Å². The number of hydrogen-bond acceptors (Lipinski definition) is 4. The second-order valence-corrected chi connectivity index (χ2v) is 20.6. The molecular weight excluding hydrogens is 909 g/mol. The fraction of sp³-hybridized carbons (Fsp3) is 0. The SMILES string of the molecule is c1ccc(-c2ccc(N(c3cccc(-c4cccc(N(c5ccc6cc(-c7ccccc7)ccc6c5)c5cccc6c5sc5ccccc56)c4)c3)c3cccc4c3sc3cc5ccccc5cc34)cc2)cc1. The number of thiophene rings is 2. The molecule has 0 aliphatic rings. The average Bonchev–Trinajstić information content (AvgIpc) is 4.02. The number of anilines is 6. The van der Waals surface area contributed by atoms with Gasteiger partial charge in [0.05, 0.1) is 20.8 Å². The quantitative estimate of drug-likeness (QED) is 0.142. The molecule has 0 fully saturated rings. The van der Waals surface area contributed by atoms with E-state index in [1.165, 1.54) is 84.1 Å². The van der Waals surface area contributed by atoms with E-state index >= 15 is 0 Å². The van der Waals surface area contributed by atoms with Crippen LogP contribution in [-0.2, 0) is 0 Å². The van der Waals surface area contributed by atoms with Gasteiger partial charge in [-0.1, -0.05) is 182 Å². The molecule has 14 rings (SSSR count). The summed E-state index contributed by atoms with van der Waals surface area (Å²) in [4.78, 5) is 4.91. The van der Waals surface area contributed by atoms with Gasteiger partial charge in [-0.15, -0.1) is 22.7 Å². The molecule has 14 aromatic rings. The lowest BCUT2D eigenvalue weighted by Crippen LogP contribution is -2.11. The number of rotatable bonds is 9. The van der Waals surface area contributed by atoms with Gasteiger partial charge in [0.25, 0.3) is 0 Å². The molecule has 2 heterocycles. The van der Waals surface area contributed by atoms with Crippen LogP contribution in [0.2, 0.25) is 0 Å². The van der Waals surface area contributed by atoms with E-state index in [1.807, 2.05) is 22.7 Å². The topological polar surface area (TPSA) is 6.48 Å². The van der Waals surface area contributed by atoms with E-state index in [-0.39, 0.29) is 0 Å². The Morgan fingerprint density at radius 2 is 0.653 bits per heavy atom. The van der Waals surface area contributed by atoms with Crippen LogP contribution in [-0.4, -0.2) is 0 Å². The summed E-state index contributed by atoms with van der Waals surface area (Å²) in [5.74, 6) is 0. The molecule has 0 unspecified atom stereocenters. The van der Waals surface area contributed by atoms with E-state index in [4.69, 9.17) is 0 Å². The third-order valence-electron chi connectivity index (χ3n) is 14.2. The molecule has 0 N–H and O–H groups in total. The highest BCUT2D eigenvalue weighted by molar-refractivity contribution is 7.27. The first-order valence-corrected chi connectivity index (χ1v) is 26.1. The lowest BCUT2D eigenvalue weighted by atomic mass is 10.00. The van der Waals surface area contributed by atoms with Gasteiger partial charge in [0.15, 0.2) is 0 Å². The van der Waals surface area contributed by atoms with Crippen LogP contribution in [0.3, 0.4) is 0 Å². The first-order chi connectivity index (χ1) is 35.7. The summed E-state index contributed by atoms with van der Waals surface area (Å²) >= 11 is 3.74. The van der Waals surface area contributed by atoms with E-state index in [2.05, 4.69) is 277 Å². The third-order valence-corrected chi connectivity index (χ3v) is 16.6. The molecular formula is C68H44N2S2. The van der Waals surface area contributed by atoms with E-state index in [9.17, 15) is 0 Å². The molecule has 0 saturated carbocycles. The van der Waals surface area contributed by atoms with Crippen LogP contribution < -0.4 is 9.80 Å². The largest absolute Gasteiger partial charge is 0.309 e. The molecule has 0 bridgehead atoms. The van der Waals surface area contributed by atoms with Gasteiger partial charge in [-0.2, -0.15) is 0 Å². The molecule has 338 valence electrons. The molecule has 0 saturated heterocycles. The molecule has 2 nitrogen and oxygen atoms in total. The van der Waals surface area contributed by atoms with Crippen LogP contribution in [0.25, 0.3) is 95.3 Å². The summed E-state index contributed by atoms with van der Waals surface area (Å²) in [5, 5.41) is 10.1. The Bertz CT molecular complexity index is 4340. The molecule has 0 radical (unpaired) electrons. The Kier molecular flexibility index (Phi) is 10.3. The van der Waals surface area contributed by atoms with Gasteiger partial charge < -0.3 is 9.80 Å². The van der Waals surface area contributed by atoms with Gasteiger partial charge in [0.1, 0.15) is 0 Å². The van der Waals surface area contributed by atoms with Crippen molar-refractivity contribution in [1.82, 2.24) is 0 Å². The Labute approximate surface area is 426 Å². The smallest absolute Gasteiger partial charge is 0.0640 e. The second-order valence-electron chi connectivity index (χ2n) is 18.5. The zero-order chi connectivity index (χ0) is 47.5. The van der Waals surface area contributed by atoms with Gasteiger partial charge in [-0.3, -0.25) is 0 Å². The molecule has 4 heteroatoms.